The number of amides is 1. The van der Waals surface area contributed by atoms with Crippen molar-refractivity contribution in [1.82, 2.24) is 5.32 Å². The lowest BCUT2D eigenvalue weighted by molar-refractivity contribution is 0.0950. The van der Waals surface area contributed by atoms with Crippen molar-refractivity contribution < 1.29 is 4.79 Å². The van der Waals surface area contributed by atoms with Gasteiger partial charge in [-0.05, 0) is 42.4 Å². The van der Waals surface area contributed by atoms with E-state index in [1.54, 1.807) is 11.3 Å². The van der Waals surface area contributed by atoms with Gasteiger partial charge in [-0.1, -0.05) is 36.7 Å². The second-order valence-electron chi connectivity index (χ2n) is 5.67. The molecule has 1 aliphatic rings. The van der Waals surface area contributed by atoms with E-state index in [4.69, 9.17) is 11.6 Å². The first kappa shape index (κ1) is 14.6. The summed E-state index contributed by atoms with van der Waals surface area (Å²) in [4.78, 5) is 13.8. The monoisotopic (exact) mass is 319 g/mol. The third-order valence-electron chi connectivity index (χ3n) is 4.04. The molecule has 0 spiro atoms. The third-order valence-corrected chi connectivity index (χ3v) is 5.46. The first-order chi connectivity index (χ1) is 10.1. The van der Waals surface area contributed by atoms with Crippen LogP contribution < -0.4 is 5.32 Å². The van der Waals surface area contributed by atoms with Crippen molar-refractivity contribution in [3.8, 4) is 0 Å². The lowest BCUT2D eigenvalue weighted by Gasteiger charge is -2.18. The molecule has 0 bridgehead atoms. The highest BCUT2D eigenvalue weighted by molar-refractivity contribution is 7.10. The normalized spacial score (nSPS) is 17.3. The number of rotatable bonds is 3. The molecule has 4 heteroatoms. The number of nitrogens with one attached hydrogen (secondary N) is 1. The van der Waals surface area contributed by atoms with Gasteiger partial charge in [0.1, 0.15) is 0 Å². The lowest BCUT2D eigenvalue weighted by Crippen LogP contribution is -2.24. The Morgan fingerprint density at radius 2 is 2.24 bits per heavy atom. The van der Waals surface area contributed by atoms with Crippen molar-refractivity contribution in [1.29, 1.82) is 0 Å². The summed E-state index contributed by atoms with van der Waals surface area (Å²) in [5.41, 5.74) is 3.06. The molecule has 110 valence electrons. The van der Waals surface area contributed by atoms with Crippen LogP contribution >= 0.6 is 22.9 Å². The lowest BCUT2D eigenvalue weighted by atomic mass is 9.88. The van der Waals surface area contributed by atoms with Crippen molar-refractivity contribution in [3.05, 3.63) is 56.2 Å². The quantitative estimate of drug-likeness (QED) is 0.889. The van der Waals surface area contributed by atoms with Crippen molar-refractivity contribution >= 4 is 28.8 Å². The van der Waals surface area contributed by atoms with Crippen LogP contribution in [0.2, 0.25) is 5.02 Å². The zero-order chi connectivity index (χ0) is 14.8. The van der Waals surface area contributed by atoms with E-state index >= 15 is 0 Å². The zero-order valence-electron chi connectivity index (χ0n) is 12.0. The number of thiophene rings is 1. The number of fused-ring (bicyclic) bond motifs is 1. The summed E-state index contributed by atoms with van der Waals surface area (Å²) in [6, 6.07) is 7.61. The standard InChI is InChI=1S/C17H18ClNOS/c1-11-6-7-13-14(10-21-16(13)8-11)17(20)19-9-12-4-2-3-5-15(12)18/h2-5,10-11H,6-9H2,1H3,(H,19,20)/t11-/m1/s1. The summed E-state index contributed by atoms with van der Waals surface area (Å²) in [5.74, 6) is 0.747. The van der Waals surface area contributed by atoms with Gasteiger partial charge < -0.3 is 5.32 Å². The summed E-state index contributed by atoms with van der Waals surface area (Å²) >= 11 is 7.84. The van der Waals surface area contributed by atoms with Gasteiger partial charge in [-0.3, -0.25) is 4.79 Å². The van der Waals surface area contributed by atoms with Gasteiger partial charge in [-0.2, -0.15) is 0 Å². The van der Waals surface area contributed by atoms with E-state index in [0.717, 1.165) is 29.9 Å². The maximum absolute atomic E-state index is 12.4. The van der Waals surface area contributed by atoms with Gasteiger partial charge in [0.25, 0.3) is 5.91 Å². The van der Waals surface area contributed by atoms with E-state index in [0.29, 0.717) is 11.6 Å². The van der Waals surface area contributed by atoms with Crippen molar-refractivity contribution in [2.45, 2.75) is 32.7 Å². The first-order valence-corrected chi connectivity index (χ1v) is 8.51. The van der Waals surface area contributed by atoms with Gasteiger partial charge in [-0.25, -0.2) is 0 Å². The predicted molar refractivity (Wildman–Crippen MR) is 88.1 cm³/mol. The topological polar surface area (TPSA) is 29.1 Å². The Balaban J connectivity index is 1.71. The maximum atomic E-state index is 12.4. The molecule has 0 aliphatic heterocycles. The Morgan fingerprint density at radius 3 is 3.05 bits per heavy atom. The van der Waals surface area contributed by atoms with Crippen LogP contribution in [0.3, 0.4) is 0 Å². The van der Waals surface area contributed by atoms with Crippen LogP contribution in [0.1, 0.15) is 39.7 Å². The number of hydrogen-bond donors (Lipinski definition) is 1. The van der Waals surface area contributed by atoms with Gasteiger partial charge in [0.15, 0.2) is 0 Å². The van der Waals surface area contributed by atoms with E-state index in [2.05, 4.69) is 12.2 Å². The molecule has 1 atom stereocenters. The molecule has 0 saturated carbocycles. The number of benzene rings is 1. The number of hydrogen-bond acceptors (Lipinski definition) is 2. The van der Waals surface area contributed by atoms with Crippen molar-refractivity contribution in [2.24, 2.45) is 5.92 Å². The minimum Gasteiger partial charge on any atom is -0.348 e. The minimum absolute atomic E-state index is 0.0157. The molecular weight excluding hydrogens is 302 g/mol. The number of halogens is 1. The molecule has 0 radical (unpaired) electrons. The first-order valence-electron chi connectivity index (χ1n) is 7.26. The van der Waals surface area contributed by atoms with Gasteiger partial charge in [0, 0.05) is 21.8 Å². The van der Waals surface area contributed by atoms with E-state index < -0.39 is 0 Å². The fourth-order valence-electron chi connectivity index (χ4n) is 2.78. The Kier molecular flexibility index (Phi) is 4.32. The highest BCUT2D eigenvalue weighted by Crippen LogP contribution is 2.32. The van der Waals surface area contributed by atoms with Crippen LogP contribution in [-0.4, -0.2) is 5.91 Å². The molecule has 1 aromatic heterocycles. The van der Waals surface area contributed by atoms with Crippen molar-refractivity contribution in [2.75, 3.05) is 0 Å². The van der Waals surface area contributed by atoms with Crippen LogP contribution in [-0.2, 0) is 19.4 Å². The Morgan fingerprint density at radius 1 is 1.43 bits per heavy atom. The Labute approximate surface area is 134 Å². The van der Waals surface area contributed by atoms with E-state index in [1.165, 1.54) is 16.9 Å². The molecule has 0 unspecified atom stereocenters. The molecule has 2 nitrogen and oxygen atoms in total. The molecule has 1 amide bonds. The summed E-state index contributed by atoms with van der Waals surface area (Å²) in [5, 5.41) is 5.68. The smallest absolute Gasteiger partial charge is 0.252 e. The molecule has 21 heavy (non-hydrogen) atoms. The van der Waals surface area contributed by atoms with Gasteiger partial charge >= 0.3 is 0 Å². The van der Waals surface area contributed by atoms with Gasteiger partial charge in [0.2, 0.25) is 0 Å². The fraction of sp³-hybridized carbons (Fsp3) is 0.353. The van der Waals surface area contributed by atoms with Crippen LogP contribution in [0.15, 0.2) is 29.6 Å². The van der Waals surface area contributed by atoms with E-state index in [9.17, 15) is 4.79 Å². The average molecular weight is 320 g/mol. The molecule has 3 rings (SSSR count). The number of carbonyl (C=O) groups is 1. The minimum atomic E-state index is 0.0157. The molecule has 0 fully saturated rings. The third kappa shape index (κ3) is 3.14. The molecule has 1 heterocycles. The Bertz CT molecular complexity index is 665. The second-order valence-corrected chi connectivity index (χ2v) is 7.04. The molecule has 1 aromatic carbocycles. The van der Waals surface area contributed by atoms with Crippen LogP contribution in [0.5, 0.6) is 0 Å². The Hall–Kier alpha value is -1.32. The zero-order valence-corrected chi connectivity index (χ0v) is 13.6. The predicted octanol–water partition coefficient (Wildman–Crippen LogP) is 4.46. The van der Waals surface area contributed by atoms with E-state index in [1.807, 2.05) is 29.6 Å². The molecular formula is C17H18ClNOS. The van der Waals surface area contributed by atoms with Crippen LogP contribution in [0.4, 0.5) is 0 Å². The van der Waals surface area contributed by atoms with E-state index in [-0.39, 0.29) is 5.91 Å². The SMILES string of the molecule is C[C@@H]1CCc2c(C(=O)NCc3ccccc3Cl)csc2C1. The van der Waals surface area contributed by atoms with Gasteiger partial charge in [-0.15, -0.1) is 11.3 Å². The van der Waals surface area contributed by atoms with Gasteiger partial charge in [0.05, 0.1) is 5.56 Å². The second kappa shape index (κ2) is 6.20. The molecule has 1 N–H and O–H groups in total. The summed E-state index contributed by atoms with van der Waals surface area (Å²) < 4.78 is 0. The molecule has 2 aromatic rings. The molecule has 0 saturated heterocycles. The van der Waals surface area contributed by atoms with Crippen LogP contribution in [0, 0.1) is 5.92 Å². The van der Waals surface area contributed by atoms with Crippen molar-refractivity contribution in [3.63, 3.8) is 0 Å². The number of carbonyl (C=O) groups excluding carboxylic acids is 1. The molecule has 1 aliphatic carbocycles. The highest BCUT2D eigenvalue weighted by Gasteiger charge is 2.23. The fourth-order valence-corrected chi connectivity index (χ4v) is 4.23. The highest BCUT2D eigenvalue weighted by atomic mass is 35.5. The summed E-state index contributed by atoms with van der Waals surface area (Å²) in [7, 11) is 0. The summed E-state index contributed by atoms with van der Waals surface area (Å²) in [6.45, 7) is 2.75. The average Bonchev–Trinajstić information content (AvgIpc) is 2.89. The van der Waals surface area contributed by atoms with Crippen LogP contribution in [0.25, 0.3) is 0 Å². The largest absolute Gasteiger partial charge is 0.348 e. The summed E-state index contributed by atoms with van der Waals surface area (Å²) in [6.07, 6.45) is 3.31. The maximum Gasteiger partial charge on any atom is 0.252 e.